The molecule has 1 aromatic carbocycles. The summed E-state index contributed by atoms with van der Waals surface area (Å²) in [6.07, 6.45) is 2.81. The molecule has 2 aromatic rings. The summed E-state index contributed by atoms with van der Waals surface area (Å²) in [5.41, 5.74) is 2.06. The normalized spacial score (nSPS) is 14.0. The predicted octanol–water partition coefficient (Wildman–Crippen LogP) is 0.294. The van der Waals surface area contributed by atoms with Crippen LogP contribution in [0.25, 0.3) is 0 Å². The minimum absolute atomic E-state index is 0.280. The predicted molar refractivity (Wildman–Crippen MR) is 73.9 cm³/mol. The smallest absolute Gasteiger partial charge is 0.240 e. The third-order valence-electron chi connectivity index (χ3n) is 3.22. The van der Waals surface area contributed by atoms with Crippen LogP contribution in [0.1, 0.15) is 11.4 Å². The molecular weight excluding hydrogens is 278 g/mol. The zero-order chi connectivity index (χ0) is 14.0. The highest BCUT2D eigenvalue weighted by Gasteiger charge is 2.17. The monoisotopic (exact) mass is 293 g/mol. The van der Waals surface area contributed by atoms with E-state index >= 15 is 0 Å². The third-order valence-corrected chi connectivity index (χ3v) is 4.68. The van der Waals surface area contributed by atoms with Gasteiger partial charge in [-0.3, -0.25) is 5.10 Å². The number of aromatic amines is 1. The molecule has 7 nitrogen and oxygen atoms in total. The van der Waals surface area contributed by atoms with Crippen molar-refractivity contribution in [2.45, 2.75) is 17.7 Å². The van der Waals surface area contributed by atoms with Gasteiger partial charge in [-0.15, -0.1) is 0 Å². The molecule has 0 unspecified atom stereocenters. The number of benzene rings is 1. The number of hydrogen-bond donors (Lipinski definition) is 3. The lowest BCUT2D eigenvalue weighted by molar-refractivity contribution is 0.581. The maximum Gasteiger partial charge on any atom is 0.240 e. The first-order valence-corrected chi connectivity index (χ1v) is 7.84. The summed E-state index contributed by atoms with van der Waals surface area (Å²) in [5, 5.41) is 9.58. The van der Waals surface area contributed by atoms with Crippen LogP contribution in [-0.4, -0.2) is 36.7 Å². The first-order chi connectivity index (χ1) is 9.65. The zero-order valence-electron chi connectivity index (χ0n) is 10.8. The summed E-state index contributed by atoms with van der Waals surface area (Å²) in [5.74, 6) is 0.656. The first-order valence-electron chi connectivity index (χ1n) is 6.36. The zero-order valence-corrected chi connectivity index (χ0v) is 11.6. The minimum atomic E-state index is -3.49. The van der Waals surface area contributed by atoms with E-state index in [2.05, 4.69) is 25.2 Å². The fourth-order valence-electron chi connectivity index (χ4n) is 2.18. The van der Waals surface area contributed by atoms with Crippen molar-refractivity contribution in [3.63, 3.8) is 0 Å². The number of rotatable bonds is 5. The molecule has 8 heteroatoms. The van der Waals surface area contributed by atoms with Gasteiger partial charge in [0.15, 0.2) is 0 Å². The highest BCUT2D eigenvalue weighted by molar-refractivity contribution is 7.89. The highest BCUT2D eigenvalue weighted by atomic mass is 32.2. The van der Waals surface area contributed by atoms with Crippen LogP contribution in [0.4, 0.5) is 5.69 Å². The Morgan fingerprint density at radius 1 is 1.35 bits per heavy atom. The molecule has 1 aromatic heterocycles. The molecule has 0 fully saturated rings. The molecule has 0 amide bonds. The van der Waals surface area contributed by atoms with Crippen molar-refractivity contribution < 1.29 is 8.42 Å². The Hall–Kier alpha value is -1.93. The van der Waals surface area contributed by atoms with Crippen LogP contribution in [0.15, 0.2) is 29.4 Å². The Morgan fingerprint density at radius 2 is 2.25 bits per heavy atom. The SMILES string of the molecule is O=S(=O)(NCCc1ncn[nH]1)c1ccc2c(c1)NCC2. The molecule has 3 N–H and O–H groups in total. The van der Waals surface area contributed by atoms with Crippen molar-refractivity contribution in [2.75, 3.05) is 18.4 Å². The van der Waals surface area contributed by atoms with Crippen molar-refractivity contribution in [1.29, 1.82) is 0 Å². The molecule has 0 spiro atoms. The number of H-pyrrole nitrogens is 1. The molecule has 1 aliphatic rings. The van der Waals surface area contributed by atoms with Crippen molar-refractivity contribution in [1.82, 2.24) is 19.9 Å². The number of aromatic nitrogens is 3. The molecule has 2 heterocycles. The molecule has 0 bridgehead atoms. The molecular formula is C12H15N5O2S. The van der Waals surface area contributed by atoms with E-state index in [0.29, 0.717) is 12.2 Å². The van der Waals surface area contributed by atoms with Gasteiger partial charge in [-0.25, -0.2) is 18.1 Å². The molecule has 0 radical (unpaired) electrons. The standard InChI is InChI=1S/C12H15N5O2S/c18-20(19,16-6-4-12-14-8-15-17-12)10-2-1-9-3-5-13-11(9)7-10/h1-2,7-8,13,16H,3-6H2,(H,14,15,17). The Balaban J connectivity index is 1.68. The average Bonchev–Trinajstić information content (AvgIpc) is 3.08. The summed E-state index contributed by atoms with van der Waals surface area (Å²) in [4.78, 5) is 4.23. The van der Waals surface area contributed by atoms with Gasteiger partial charge in [-0.1, -0.05) is 6.07 Å². The Kier molecular flexibility index (Phi) is 3.41. The minimum Gasteiger partial charge on any atom is -0.384 e. The van der Waals surface area contributed by atoms with Gasteiger partial charge in [0.25, 0.3) is 0 Å². The quantitative estimate of drug-likeness (QED) is 0.736. The Bertz CT molecular complexity index is 697. The second kappa shape index (κ2) is 5.22. The summed E-state index contributed by atoms with van der Waals surface area (Å²) >= 11 is 0. The molecule has 3 rings (SSSR count). The Morgan fingerprint density at radius 3 is 3.05 bits per heavy atom. The molecule has 0 saturated carbocycles. The van der Waals surface area contributed by atoms with Crippen molar-refractivity contribution >= 4 is 15.7 Å². The van der Waals surface area contributed by atoms with Gasteiger partial charge in [-0.2, -0.15) is 5.10 Å². The van der Waals surface area contributed by atoms with Crippen LogP contribution in [0, 0.1) is 0 Å². The second-order valence-corrected chi connectivity index (χ2v) is 6.34. The van der Waals surface area contributed by atoms with Gasteiger partial charge < -0.3 is 5.32 Å². The lowest BCUT2D eigenvalue weighted by Gasteiger charge is -2.08. The Labute approximate surface area is 116 Å². The second-order valence-electron chi connectivity index (χ2n) is 4.58. The number of fused-ring (bicyclic) bond motifs is 1. The molecule has 20 heavy (non-hydrogen) atoms. The van der Waals surface area contributed by atoms with Gasteiger partial charge >= 0.3 is 0 Å². The molecule has 0 atom stereocenters. The van der Waals surface area contributed by atoms with Crippen LogP contribution in [0.3, 0.4) is 0 Å². The van der Waals surface area contributed by atoms with E-state index in [1.807, 2.05) is 6.07 Å². The third kappa shape index (κ3) is 2.66. The number of anilines is 1. The van der Waals surface area contributed by atoms with Crippen molar-refractivity contribution in [3.05, 3.63) is 35.9 Å². The van der Waals surface area contributed by atoms with E-state index in [1.54, 1.807) is 12.1 Å². The summed E-state index contributed by atoms with van der Waals surface area (Å²) in [6, 6.07) is 5.18. The maximum absolute atomic E-state index is 12.2. The van der Waals surface area contributed by atoms with E-state index in [0.717, 1.165) is 24.2 Å². The van der Waals surface area contributed by atoms with Crippen LogP contribution < -0.4 is 10.0 Å². The molecule has 0 aliphatic carbocycles. The number of nitrogens with one attached hydrogen (secondary N) is 3. The van der Waals surface area contributed by atoms with E-state index in [4.69, 9.17) is 0 Å². The van der Waals surface area contributed by atoms with Crippen LogP contribution in [-0.2, 0) is 22.9 Å². The summed E-state index contributed by atoms with van der Waals surface area (Å²) in [6.45, 7) is 1.14. The van der Waals surface area contributed by atoms with E-state index in [-0.39, 0.29) is 11.4 Å². The molecule has 106 valence electrons. The maximum atomic E-state index is 12.2. The first kappa shape index (κ1) is 13.1. The summed E-state index contributed by atoms with van der Waals surface area (Å²) < 4.78 is 26.9. The van der Waals surface area contributed by atoms with E-state index in [9.17, 15) is 8.42 Å². The fraction of sp³-hybridized carbons (Fsp3) is 0.333. The van der Waals surface area contributed by atoms with Gasteiger partial charge in [0.2, 0.25) is 10.0 Å². The van der Waals surface area contributed by atoms with E-state index < -0.39 is 10.0 Å². The van der Waals surface area contributed by atoms with Gasteiger partial charge in [0, 0.05) is 25.2 Å². The van der Waals surface area contributed by atoms with Crippen molar-refractivity contribution in [2.24, 2.45) is 0 Å². The van der Waals surface area contributed by atoms with Crippen molar-refractivity contribution in [3.8, 4) is 0 Å². The van der Waals surface area contributed by atoms with Crippen LogP contribution in [0.2, 0.25) is 0 Å². The summed E-state index contributed by atoms with van der Waals surface area (Å²) in [7, 11) is -3.49. The van der Waals surface area contributed by atoms with Gasteiger partial charge in [-0.05, 0) is 24.1 Å². The topological polar surface area (TPSA) is 99.8 Å². The van der Waals surface area contributed by atoms with Crippen LogP contribution >= 0.6 is 0 Å². The number of hydrogen-bond acceptors (Lipinski definition) is 5. The largest absolute Gasteiger partial charge is 0.384 e. The molecule has 0 saturated heterocycles. The van der Waals surface area contributed by atoms with Crippen LogP contribution in [0.5, 0.6) is 0 Å². The lowest BCUT2D eigenvalue weighted by Crippen LogP contribution is -2.26. The highest BCUT2D eigenvalue weighted by Crippen LogP contribution is 2.25. The average molecular weight is 293 g/mol. The lowest BCUT2D eigenvalue weighted by atomic mass is 10.2. The molecule has 1 aliphatic heterocycles. The number of sulfonamides is 1. The van der Waals surface area contributed by atoms with Gasteiger partial charge in [0.1, 0.15) is 12.2 Å². The number of nitrogens with zero attached hydrogens (tertiary/aromatic N) is 2. The van der Waals surface area contributed by atoms with Gasteiger partial charge in [0.05, 0.1) is 4.90 Å². The fourth-order valence-corrected chi connectivity index (χ4v) is 3.23. The van der Waals surface area contributed by atoms with E-state index in [1.165, 1.54) is 6.33 Å².